The summed E-state index contributed by atoms with van der Waals surface area (Å²) in [4.78, 5) is 87.6. The van der Waals surface area contributed by atoms with E-state index in [9.17, 15) is 33.6 Å². The molecule has 13 heteroatoms. The topological polar surface area (TPSA) is 174 Å². The minimum atomic E-state index is -0.799. The number of anilines is 2. The van der Waals surface area contributed by atoms with Crippen LogP contribution in [0.5, 0.6) is 0 Å². The summed E-state index contributed by atoms with van der Waals surface area (Å²) in [6.07, 6.45) is 3.36. The summed E-state index contributed by atoms with van der Waals surface area (Å²) in [6, 6.07) is 11.8. The maximum atomic E-state index is 12.8. The van der Waals surface area contributed by atoms with Crippen LogP contribution in [0, 0.1) is 23.7 Å². The molecule has 2 atom stereocenters. The van der Waals surface area contributed by atoms with Crippen LogP contribution in [0.15, 0.2) is 42.5 Å². The maximum Gasteiger partial charge on any atom is 0.246 e. The van der Waals surface area contributed by atoms with Gasteiger partial charge in [0.25, 0.3) is 0 Å². The van der Waals surface area contributed by atoms with Crippen LogP contribution in [0.2, 0.25) is 0 Å². The summed E-state index contributed by atoms with van der Waals surface area (Å²) in [7, 11) is 3.16. The van der Waals surface area contributed by atoms with Crippen molar-refractivity contribution in [2.24, 2.45) is 23.7 Å². The number of nitrogens with one attached hydrogen (secondary N) is 4. The fourth-order valence-corrected chi connectivity index (χ4v) is 6.07. The molecule has 0 saturated carbocycles. The number of rotatable bonds is 15. The number of hydrogen-bond donors (Lipinski definition) is 4. The minimum Gasteiger partial charge on any atom is -0.357 e. The van der Waals surface area contributed by atoms with E-state index in [2.05, 4.69) is 68.9 Å². The van der Waals surface area contributed by atoms with Gasteiger partial charge >= 0.3 is 0 Å². The SMILES string of the molecule is CC(C)Cc1ccc(NC(=O)C(C)NC(=O)CNC(=O)Cc2ccc(N3C(=O)CC(C(C)C)C3=O)cc2)cc1CC(C)C.CCC.CNC(=O)C(C)(C)N(C)C(C)=O. The highest BCUT2D eigenvalue weighted by molar-refractivity contribution is 6.21. The first-order valence-corrected chi connectivity index (χ1v) is 20.4. The van der Waals surface area contributed by atoms with Gasteiger partial charge in [0.1, 0.15) is 11.6 Å². The van der Waals surface area contributed by atoms with Crippen LogP contribution < -0.4 is 26.2 Å². The molecule has 1 aliphatic rings. The molecule has 58 heavy (non-hydrogen) atoms. The van der Waals surface area contributed by atoms with E-state index >= 15 is 0 Å². The number of imide groups is 1. The van der Waals surface area contributed by atoms with Crippen LogP contribution in [0.1, 0.15) is 113 Å². The smallest absolute Gasteiger partial charge is 0.246 e. The van der Waals surface area contributed by atoms with E-state index in [4.69, 9.17) is 0 Å². The van der Waals surface area contributed by atoms with Crippen LogP contribution in [0.25, 0.3) is 0 Å². The number of benzene rings is 2. The second kappa shape index (κ2) is 24.0. The standard InChI is InChI=1S/C34H46N4O5.C8H16N2O2.C3H8/c1-20(2)14-25-10-11-27(17-26(25)15-21(3)4)37-33(42)23(7)36-31(40)19-35-30(39)16-24-8-12-28(13-9-24)38-32(41)18-29(22(5)6)34(38)43;1-6(11)10(5)8(2,3)7(12)9-4;1-3-2/h8-13,17,20-23,29H,14-16,18-19H2,1-7H3,(H,35,39)(H,36,40)(H,37,42);1-5H3,(H,9,12);3H2,1-2H3. The van der Waals surface area contributed by atoms with Gasteiger partial charge in [0.2, 0.25) is 41.4 Å². The third kappa shape index (κ3) is 16.1. The molecule has 1 aliphatic heterocycles. The molecule has 1 saturated heterocycles. The van der Waals surface area contributed by atoms with E-state index < -0.39 is 17.5 Å². The average Bonchev–Trinajstić information content (AvgIpc) is 3.44. The largest absolute Gasteiger partial charge is 0.357 e. The van der Waals surface area contributed by atoms with E-state index in [0.29, 0.717) is 28.8 Å². The first-order chi connectivity index (χ1) is 27.0. The molecule has 3 rings (SSSR count). The van der Waals surface area contributed by atoms with Crippen molar-refractivity contribution in [2.45, 2.75) is 127 Å². The van der Waals surface area contributed by atoms with Crippen molar-refractivity contribution in [1.82, 2.24) is 20.9 Å². The number of carbonyl (C=O) groups excluding carboxylic acids is 7. The Morgan fingerprint density at radius 2 is 1.40 bits per heavy atom. The number of amides is 7. The highest BCUT2D eigenvalue weighted by Crippen LogP contribution is 2.31. The number of hydrogen-bond acceptors (Lipinski definition) is 7. The predicted molar refractivity (Wildman–Crippen MR) is 231 cm³/mol. The zero-order valence-electron chi connectivity index (χ0n) is 37.4. The van der Waals surface area contributed by atoms with E-state index in [-0.39, 0.29) is 66.7 Å². The molecule has 0 bridgehead atoms. The molecule has 4 N–H and O–H groups in total. The minimum absolute atomic E-state index is 0.0195. The lowest BCUT2D eigenvalue weighted by atomic mass is 9.92. The molecular weight excluding hydrogens is 737 g/mol. The van der Waals surface area contributed by atoms with Crippen molar-refractivity contribution < 1.29 is 33.6 Å². The van der Waals surface area contributed by atoms with Gasteiger partial charge in [0.15, 0.2) is 0 Å². The summed E-state index contributed by atoms with van der Waals surface area (Å²) in [5.74, 6) is -1.14. The van der Waals surface area contributed by atoms with Gasteiger partial charge in [-0.05, 0) is 92.3 Å². The van der Waals surface area contributed by atoms with Gasteiger partial charge in [0.05, 0.1) is 24.6 Å². The van der Waals surface area contributed by atoms with Crippen LogP contribution in [-0.2, 0) is 52.8 Å². The lowest BCUT2D eigenvalue weighted by Crippen LogP contribution is -2.54. The second-order valence-electron chi connectivity index (χ2n) is 16.6. The Labute approximate surface area is 346 Å². The highest BCUT2D eigenvalue weighted by atomic mass is 16.2. The van der Waals surface area contributed by atoms with Gasteiger partial charge in [-0.25, -0.2) is 0 Å². The van der Waals surface area contributed by atoms with Gasteiger partial charge in [-0.15, -0.1) is 0 Å². The maximum absolute atomic E-state index is 12.8. The van der Waals surface area contributed by atoms with E-state index in [0.717, 1.165) is 12.8 Å². The quantitative estimate of drug-likeness (QED) is 0.164. The normalized spacial score (nSPS) is 14.2. The van der Waals surface area contributed by atoms with Crippen molar-refractivity contribution in [1.29, 1.82) is 0 Å². The van der Waals surface area contributed by atoms with Crippen molar-refractivity contribution in [3.8, 4) is 0 Å². The van der Waals surface area contributed by atoms with Crippen molar-refractivity contribution in [3.63, 3.8) is 0 Å². The predicted octanol–water partition coefficient (Wildman–Crippen LogP) is 5.83. The molecular formula is C45H70N6O7. The summed E-state index contributed by atoms with van der Waals surface area (Å²) in [6.45, 7) is 23.0. The Morgan fingerprint density at radius 1 is 0.845 bits per heavy atom. The Balaban J connectivity index is 0.000000950. The summed E-state index contributed by atoms with van der Waals surface area (Å²) in [5.41, 5.74) is 3.56. The van der Waals surface area contributed by atoms with Crippen LogP contribution in [0.3, 0.4) is 0 Å². The van der Waals surface area contributed by atoms with Crippen LogP contribution in [-0.4, -0.2) is 78.5 Å². The second-order valence-corrected chi connectivity index (χ2v) is 16.6. The molecule has 0 aromatic heterocycles. The van der Waals surface area contributed by atoms with Crippen LogP contribution in [0.4, 0.5) is 11.4 Å². The Bertz CT molecular complexity index is 1720. The first-order valence-electron chi connectivity index (χ1n) is 20.4. The fraction of sp³-hybridized carbons (Fsp3) is 0.578. The van der Waals surface area contributed by atoms with Gasteiger partial charge in [-0.1, -0.05) is 80.0 Å². The van der Waals surface area contributed by atoms with Crippen LogP contribution >= 0.6 is 0 Å². The molecule has 7 amide bonds. The van der Waals surface area contributed by atoms with Gasteiger partial charge in [-0.3, -0.25) is 38.5 Å². The summed E-state index contributed by atoms with van der Waals surface area (Å²) < 4.78 is 0. The summed E-state index contributed by atoms with van der Waals surface area (Å²) >= 11 is 0. The fourth-order valence-electron chi connectivity index (χ4n) is 6.07. The monoisotopic (exact) mass is 807 g/mol. The highest BCUT2D eigenvalue weighted by Gasteiger charge is 2.41. The molecule has 2 aromatic carbocycles. The lowest BCUT2D eigenvalue weighted by molar-refractivity contribution is -0.142. The van der Waals surface area contributed by atoms with Gasteiger partial charge in [-0.2, -0.15) is 0 Å². The molecule has 2 unspecified atom stereocenters. The zero-order valence-corrected chi connectivity index (χ0v) is 37.4. The number of carbonyl (C=O) groups is 7. The molecule has 1 heterocycles. The van der Waals surface area contributed by atoms with E-state index in [1.54, 1.807) is 59.1 Å². The molecule has 0 radical (unpaired) electrons. The molecule has 13 nitrogen and oxygen atoms in total. The lowest BCUT2D eigenvalue weighted by Gasteiger charge is -2.32. The van der Waals surface area contributed by atoms with E-state index in [1.165, 1.54) is 34.3 Å². The average molecular weight is 807 g/mol. The molecule has 1 fully saturated rings. The Kier molecular flexibility index (Phi) is 21.1. The van der Waals surface area contributed by atoms with Crippen molar-refractivity contribution >= 4 is 52.7 Å². The molecule has 322 valence electrons. The Morgan fingerprint density at radius 3 is 1.88 bits per heavy atom. The number of nitrogens with zero attached hydrogens (tertiary/aromatic N) is 2. The Hall–Kier alpha value is -5.07. The van der Waals surface area contributed by atoms with Crippen molar-refractivity contribution in [3.05, 3.63) is 59.2 Å². The number of likely N-dealkylation sites (N-methyl/N-ethyl adjacent to an activating group) is 2. The first kappa shape index (κ1) is 50.9. The summed E-state index contributed by atoms with van der Waals surface area (Å²) in [5, 5.41) is 10.6. The molecule has 0 aliphatic carbocycles. The van der Waals surface area contributed by atoms with E-state index in [1.807, 2.05) is 26.0 Å². The molecule has 2 aromatic rings. The third-order valence-corrected chi connectivity index (χ3v) is 9.59. The third-order valence-electron chi connectivity index (χ3n) is 9.59. The molecule has 0 spiro atoms. The zero-order chi connectivity index (χ0) is 44.5. The van der Waals surface area contributed by atoms with Gasteiger partial charge < -0.3 is 26.2 Å². The van der Waals surface area contributed by atoms with Crippen molar-refractivity contribution in [2.75, 3.05) is 30.9 Å². The van der Waals surface area contributed by atoms with Gasteiger partial charge in [0, 0.05) is 33.1 Å².